The number of ketones is 1. The lowest BCUT2D eigenvalue weighted by molar-refractivity contribution is -0.385. The number of nitro benzene ring substituents is 1. The molecule has 3 rings (SSSR count). The van der Waals surface area contributed by atoms with Gasteiger partial charge in [0.2, 0.25) is 0 Å². The zero-order valence-electron chi connectivity index (χ0n) is 14.1. The third kappa shape index (κ3) is 2.97. The van der Waals surface area contributed by atoms with E-state index in [-0.39, 0.29) is 17.2 Å². The van der Waals surface area contributed by atoms with E-state index in [2.05, 4.69) is 5.32 Å². The first kappa shape index (κ1) is 17.3. The van der Waals surface area contributed by atoms with E-state index in [0.717, 1.165) is 18.5 Å². The minimum atomic E-state index is -0.486. The van der Waals surface area contributed by atoms with E-state index in [9.17, 15) is 14.9 Å². The zero-order valence-corrected chi connectivity index (χ0v) is 14.9. The van der Waals surface area contributed by atoms with Crippen LogP contribution in [0.15, 0.2) is 29.5 Å². The van der Waals surface area contributed by atoms with E-state index >= 15 is 0 Å². The molecule has 2 aliphatic rings. The molecule has 0 fully saturated rings. The first-order valence-corrected chi connectivity index (χ1v) is 8.55. The molecule has 1 atom stereocenters. The fourth-order valence-electron chi connectivity index (χ4n) is 3.46. The summed E-state index contributed by atoms with van der Waals surface area (Å²) in [6.07, 6.45) is 2.07. The number of benzene rings is 1. The van der Waals surface area contributed by atoms with E-state index in [0.29, 0.717) is 29.2 Å². The van der Waals surface area contributed by atoms with Gasteiger partial charge in [-0.1, -0.05) is 6.07 Å². The Balaban J connectivity index is 2.13. The molecule has 1 heterocycles. The predicted octanol–water partition coefficient (Wildman–Crippen LogP) is 2.86. The maximum absolute atomic E-state index is 12.6. The summed E-state index contributed by atoms with van der Waals surface area (Å²) in [6, 6.07) is 4.27. The third-order valence-corrected chi connectivity index (χ3v) is 4.94. The number of nitrogens with one attached hydrogen (secondary N) is 1. The summed E-state index contributed by atoms with van der Waals surface area (Å²) in [5.41, 5.74) is 2.11. The van der Waals surface area contributed by atoms with E-state index in [4.69, 9.17) is 17.0 Å². The Kier molecular flexibility index (Phi) is 4.71. The number of hydrogen-bond donors (Lipinski definition) is 1. The molecule has 1 aliphatic carbocycles. The molecule has 0 saturated carbocycles. The third-order valence-electron chi connectivity index (χ3n) is 4.61. The highest BCUT2D eigenvalue weighted by Crippen LogP contribution is 2.39. The predicted molar refractivity (Wildman–Crippen MR) is 96.4 cm³/mol. The van der Waals surface area contributed by atoms with Gasteiger partial charge in [0, 0.05) is 30.3 Å². The average molecular weight is 361 g/mol. The van der Waals surface area contributed by atoms with Gasteiger partial charge in [0.05, 0.1) is 18.1 Å². The Morgan fingerprint density at radius 1 is 1.44 bits per heavy atom. The highest BCUT2D eigenvalue weighted by atomic mass is 32.1. The lowest BCUT2D eigenvalue weighted by Crippen LogP contribution is -2.49. The SMILES string of the molecule is CCN1C(=S)NC(c2ccc(OC)c([N+](=O)[O-])c2)C2=C1CCCC2=O. The Bertz CT molecular complexity index is 790. The number of carbonyl (C=O) groups excluding carboxylic acids is 1. The van der Waals surface area contributed by atoms with Gasteiger partial charge in [0.15, 0.2) is 16.6 Å². The Labute approximate surface area is 150 Å². The quantitative estimate of drug-likeness (QED) is 0.501. The number of Topliss-reactive ketones (excluding diaryl/α,β-unsaturated/α-hetero) is 1. The van der Waals surface area contributed by atoms with Crippen molar-refractivity contribution < 1.29 is 14.5 Å². The van der Waals surface area contributed by atoms with Crippen LogP contribution in [0.4, 0.5) is 5.69 Å². The fraction of sp³-hybridized carbons (Fsp3) is 0.412. The van der Waals surface area contributed by atoms with E-state index < -0.39 is 11.0 Å². The molecule has 1 unspecified atom stereocenters. The second kappa shape index (κ2) is 6.79. The van der Waals surface area contributed by atoms with Crippen molar-refractivity contribution >= 4 is 28.8 Å². The van der Waals surface area contributed by atoms with Gasteiger partial charge >= 0.3 is 5.69 Å². The van der Waals surface area contributed by atoms with E-state index in [1.165, 1.54) is 13.2 Å². The van der Waals surface area contributed by atoms with Gasteiger partial charge in [-0.2, -0.15) is 0 Å². The second-order valence-electron chi connectivity index (χ2n) is 5.95. The van der Waals surface area contributed by atoms with Crippen LogP contribution in [0, 0.1) is 10.1 Å². The number of thiocarbonyl (C=S) groups is 1. The maximum atomic E-state index is 12.6. The molecule has 132 valence electrons. The van der Waals surface area contributed by atoms with Crippen LogP contribution in [0.25, 0.3) is 0 Å². The minimum Gasteiger partial charge on any atom is -0.490 e. The van der Waals surface area contributed by atoms with Crippen LogP contribution < -0.4 is 10.1 Å². The van der Waals surface area contributed by atoms with Crippen molar-refractivity contribution in [3.63, 3.8) is 0 Å². The molecule has 1 aromatic carbocycles. The number of carbonyl (C=O) groups is 1. The van der Waals surface area contributed by atoms with Crippen LogP contribution >= 0.6 is 12.2 Å². The molecule has 1 aliphatic heterocycles. The first-order valence-electron chi connectivity index (χ1n) is 8.14. The van der Waals surface area contributed by atoms with Gasteiger partial charge in [-0.25, -0.2) is 0 Å². The smallest absolute Gasteiger partial charge is 0.311 e. The van der Waals surface area contributed by atoms with Crippen LogP contribution in [0.2, 0.25) is 0 Å². The molecule has 0 saturated heterocycles. The Morgan fingerprint density at radius 2 is 2.20 bits per heavy atom. The molecule has 0 amide bonds. The van der Waals surface area contributed by atoms with Crippen LogP contribution in [0.3, 0.4) is 0 Å². The van der Waals surface area contributed by atoms with Crippen molar-refractivity contribution in [2.75, 3.05) is 13.7 Å². The standard InChI is InChI=1S/C17H19N3O4S/c1-3-19-11-5-4-6-13(21)15(11)16(18-17(19)25)10-7-8-14(24-2)12(9-10)20(22)23/h7-9,16H,3-6H2,1-2H3,(H,18,25). The van der Waals surface area contributed by atoms with Gasteiger partial charge in [-0.3, -0.25) is 14.9 Å². The molecule has 8 heteroatoms. The summed E-state index contributed by atoms with van der Waals surface area (Å²) in [7, 11) is 1.39. The highest BCUT2D eigenvalue weighted by Gasteiger charge is 2.37. The fourth-order valence-corrected chi connectivity index (χ4v) is 3.82. The van der Waals surface area contributed by atoms with Gasteiger partial charge in [-0.15, -0.1) is 0 Å². The number of allylic oxidation sites excluding steroid dienone is 1. The number of hydrogen-bond acceptors (Lipinski definition) is 5. The van der Waals surface area contributed by atoms with E-state index in [1.807, 2.05) is 11.8 Å². The maximum Gasteiger partial charge on any atom is 0.311 e. The second-order valence-corrected chi connectivity index (χ2v) is 6.34. The molecule has 7 nitrogen and oxygen atoms in total. The monoisotopic (exact) mass is 361 g/mol. The van der Waals surface area contributed by atoms with Crippen LogP contribution in [-0.4, -0.2) is 34.4 Å². The van der Waals surface area contributed by atoms with Crippen molar-refractivity contribution in [3.8, 4) is 5.75 Å². The highest BCUT2D eigenvalue weighted by molar-refractivity contribution is 7.80. The molecule has 0 aromatic heterocycles. The summed E-state index contributed by atoms with van der Waals surface area (Å²) < 4.78 is 5.06. The topological polar surface area (TPSA) is 84.7 Å². The van der Waals surface area contributed by atoms with E-state index in [1.54, 1.807) is 12.1 Å². The van der Waals surface area contributed by atoms with Gasteiger partial charge in [0.1, 0.15) is 0 Å². The number of nitrogens with zero attached hydrogens (tertiary/aromatic N) is 2. The number of rotatable bonds is 4. The summed E-state index contributed by atoms with van der Waals surface area (Å²) in [5.74, 6) is 0.254. The molecular formula is C17H19N3O4S. The summed E-state index contributed by atoms with van der Waals surface area (Å²) >= 11 is 5.45. The van der Waals surface area contributed by atoms with Crippen molar-refractivity contribution in [2.24, 2.45) is 0 Å². The molecule has 0 spiro atoms. The lowest BCUT2D eigenvalue weighted by atomic mass is 9.84. The zero-order chi connectivity index (χ0) is 18.1. The average Bonchev–Trinajstić information content (AvgIpc) is 2.60. The van der Waals surface area contributed by atoms with Crippen molar-refractivity contribution in [1.29, 1.82) is 0 Å². The Morgan fingerprint density at radius 3 is 2.84 bits per heavy atom. The van der Waals surface area contributed by atoms with Gasteiger partial charge < -0.3 is 15.0 Å². The van der Waals surface area contributed by atoms with Crippen LogP contribution in [-0.2, 0) is 4.79 Å². The lowest BCUT2D eigenvalue weighted by Gasteiger charge is -2.40. The summed E-state index contributed by atoms with van der Waals surface area (Å²) in [4.78, 5) is 25.4. The van der Waals surface area contributed by atoms with Crippen molar-refractivity contribution in [1.82, 2.24) is 10.2 Å². The molecule has 0 bridgehead atoms. The summed E-state index contributed by atoms with van der Waals surface area (Å²) in [5, 5.41) is 15.0. The minimum absolute atomic E-state index is 0.0678. The number of nitro groups is 1. The molecule has 1 N–H and O–H groups in total. The number of ether oxygens (including phenoxy) is 1. The largest absolute Gasteiger partial charge is 0.490 e. The molecule has 1 aromatic rings. The van der Waals surface area contributed by atoms with Gasteiger partial charge in [-0.05, 0) is 43.6 Å². The molecular weight excluding hydrogens is 342 g/mol. The van der Waals surface area contributed by atoms with Crippen molar-refractivity contribution in [2.45, 2.75) is 32.2 Å². The van der Waals surface area contributed by atoms with Crippen LogP contribution in [0.5, 0.6) is 5.75 Å². The number of methoxy groups -OCH3 is 1. The summed E-state index contributed by atoms with van der Waals surface area (Å²) in [6.45, 7) is 2.66. The van der Waals surface area contributed by atoms with Gasteiger partial charge in [0.25, 0.3) is 0 Å². The Hall–Kier alpha value is -2.48. The van der Waals surface area contributed by atoms with Crippen LogP contribution in [0.1, 0.15) is 37.8 Å². The van der Waals surface area contributed by atoms with Crippen molar-refractivity contribution in [3.05, 3.63) is 45.1 Å². The molecule has 25 heavy (non-hydrogen) atoms. The molecule has 0 radical (unpaired) electrons. The normalized spacial score (nSPS) is 20.2. The first-order chi connectivity index (χ1) is 12.0.